The number of nitrogens with zero attached hydrogens (tertiary/aromatic N) is 2. The molecule has 0 saturated carbocycles. The number of ether oxygens (including phenoxy) is 1. The Kier molecular flexibility index (Phi) is 4.54. The number of phosphoric acid groups is 1. The van der Waals surface area contributed by atoms with E-state index < -0.39 is 44.9 Å². The maximum Gasteiger partial charge on any atom is 0.469 e. The molecule has 0 radical (unpaired) electrons. The quantitative estimate of drug-likeness (QED) is 0.306. The van der Waals surface area contributed by atoms with Gasteiger partial charge in [-0.3, -0.25) is 13.9 Å². The zero-order chi connectivity index (χ0) is 16.7. The first-order valence-corrected chi connectivity index (χ1v) is 7.48. The van der Waals surface area contributed by atoms with Crippen LogP contribution in [0, 0.1) is 0 Å². The number of aliphatic hydroxyl groups excluding tert-OH is 2. The van der Waals surface area contributed by atoms with Gasteiger partial charge in [-0.1, -0.05) is 0 Å². The van der Waals surface area contributed by atoms with Gasteiger partial charge in [0.25, 0.3) is 5.91 Å². The number of aromatic nitrogens is 2. The molecule has 0 aliphatic carbocycles. The minimum Gasteiger partial charge on any atom is -0.387 e. The van der Waals surface area contributed by atoms with E-state index in [1.54, 1.807) is 0 Å². The SMILES string of the molecule is NC(=O)c1ncn([C@H]2O[C@H](COP(=O)(O)O)[C@H](O)[C@@H]2O)c1N. The lowest BCUT2D eigenvalue weighted by molar-refractivity contribution is -0.0510. The molecule has 1 amide bonds. The summed E-state index contributed by atoms with van der Waals surface area (Å²) in [5.74, 6) is -1.06. The van der Waals surface area contributed by atoms with Crippen LogP contribution in [-0.4, -0.2) is 60.4 Å². The molecule has 4 atom stereocenters. The number of imidazole rings is 1. The lowest BCUT2D eigenvalue weighted by Crippen LogP contribution is -2.33. The second-order valence-electron chi connectivity index (χ2n) is 4.58. The number of nitrogen functional groups attached to an aromatic ring is 1. The number of anilines is 1. The number of rotatable bonds is 5. The third kappa shape index (κ3) is 3.28. The van der Waals surface area contributed by atoms with Crippen LogP contribution in [0.15, 0.2) is 6.33 Å². The summed E-state index contributed by atoms with van der Waals surface area (Å²) in [6, 6.07) is 0. The summed E-state index contributed by atoms with van der Waals surface area (Å²) in [4.78, 5) is 32.0. The minimum absolute atomic E-state index is 0.180. The van der Waals surface area contributed by atoms with Crippen molar-refractivity contribution < 1.29 is 38.6 Å². The molecule has 1 aromatic rings. The normalized spacial score (nSPS) is 28.9. The molecule has 1 aliphatic rings. The average Bonchev–Trinajstić information content (AvgIpc) is 2.90. The summed E-state index contributed by atoms with van der Waals surface area (Å²) in [6.45, 7) is -0.656. The number of aliphatic hydroxyl groups is 2. The van der Waals surface area contributed by atoms with Crippen LogP contribution in [-0.2, 0) is 13.8 Å². The van der Waals surface area contributed by atoms with Crippen LogP contribution in [0.2, 0.25) is 0 Å². The zero-order valence-electron chi connectivity index (χ0n) is 11.0. The molecule has 124 valence electrons. The number of primary amides is 1. The first-order valence-electron chi connectivity index (χ1n) is 5.95. The molecular formula is C9H15N4O8P. The first-order chi connectivity index (χ1) is 10.1. The maximum absolute atomic E-state index is 11.1. The van der Waals surface area contributed by atoms with E-state index in [1.807, 2.05) is 0 Å². The molecule has 1 saturated heterocycles. The Morgan fingerprint density at radius 2 is 2.09 bits per heavy atom. The molecule has 2 heterocycles. The van der Waals surface area contributed by atoms with Gasteiger partial charge in [-0.05, 0) is 0 Å². The van der Waals surface area contributed by atoms with Crippen molar-refractivity contribution in [3.8, 4) is 0 Å². The number of nitrogens with two attached hydrogens (primary N) is 2. The lowest BCUT2D eigenvalue weighted by Gasteiger charge is -2.17. The molecule has 1 fully saturated rings. The maximum atomic E-state index is 11.1. The smallest absolute Gasteiger partial charge is 0.387 e. The van der Waals surface area contributed by atoms with Crippen LogP contribution < -0.4 is 11.5 Å². The Morgan fingerprint density at radius 3 is 2.59 bits per heavy atom. The highest BCUT2D eigenvalue weighted by atomic mass is 31.2. The van der Waals surface area contributed by atoms with Gasteiger partial charge in [0.1, 0.15) is 24.1 Å². The number of amides is 1. The van der Waals surface area contributed by atoms with E-state index in [0.717, 1.165) is 10.9 Å². The van der Waals surface area contributed by atoms with Gasteiger partial charge in [0.15, 0.2) is 11.9 Å². The van der Waals surface area contributed by atoms with Gasteiger partial charge in [-0.2, -0.15) is 0 Å². The standard InChI is InChI=1S/C9H15N4O8P/c10-7-4(8(11)16)12-2-13(7)9-6(15)5(14)3(21-9)1-20-22(17,18)19/h2-3,5-6,9,14-15H,1,10H2,(H2,11,16)(H2,17,18,19)/t3-,5+,6+,9+/m1/s1. The third-order valence-corrected chi connectivity index (χ3v) is 3.57. The summed E-state index contributed by atoms with van der Waals surface area (Å²) >= 11 is 0. The predicted molar refractivity (Wildman–Crippen MR) is 69.1 cm³/mol. The van der Waals surface area contributed by atoms with E-state index >= 15 is 0 Å². The van der Waals surface area contributed by atoms with E-state index in [0.29, 0.717) is 0 Å². The number of hydrogen-bond acceptors (Lipinski definition) is 8. The predicted octanol–water partition coefficient (Wildman–Crippen LogP) is -2.71. The van der Waals surface area contributed by atoms with Gasteiger partial charge in [0.2, 0.25) is 0 Å². The van der Waals surface area contributed by atoms with Gasteiger partial charge in [0, 0.05) is 0 Å². The fraction of sp³-hybridized carbons (Fsp3) is 0.556. The Bertz CT molecular complexity index is 615. The molecule has 13 heteroatoms. The molecule has 2 rings (SSSR count). The van der Waals surface area contributed by atoms with Crippen LogP contribution >= 0.6 is 7.82 Å². The number of carbonyl (C=O) groups excluding carboxylic acids is 1. The van der Waals surface area contributed by atoms with E-state index in [4.69, 9.17) is 26.0 Å². The van der Waals surface area contributed by atoms with Crippen molar-refractivity contribution in [2.45, 2.75) is 24.5 Å². The molecule has 1 aliphatic heterocycles. The molecule has 0 spiro atoms. The Hall–Kier alpha value is -1.53. The highest BCUT2D eigenvalue weighted by Crippen LogP contribution is 2.38. The van der Waals surface area contributed by atoms with Gasteiger partial charge >= 0.3 is 7.82 Å². The lowest BCUT2D eigenvalue weighted by atomic mass is 10.1. The van der Waals surface area contributed by atoms with Gasteiger partial charge in [-0.15, -0.1) is 0 Å². The van der Waals surface area contributed by atoms with Crippen molar-refractivity contribution in [3.63, 3.8) is 0 Å². The molecule has 0 aromatic carbocycles. The first kappa shape index (κ1) is 16.8. The van der Waals surface area contributed by atoms with Crippen LogP contribution in [0.25, 0.3) is 0 Å². The second kappa shape index (κ2) is 5.93. The summed E-state index contributed by atoms with van der Waals surface area (Å²) < 4.78 is 21.2. The molecule has 0 unspecified atom stereocenters. The molecule has 12 nitrogen and oxygen atoms in total. The number of hydrogen-bond donors (Lipinski definition) is 6. The van der Waals surface area contributed by atoms with Crippen molar-refractivity contribution in [2.24, 2.45) is 5.73 Å². The molecule has 8 N–H and O–H groups in total. The molecule has 1 aromatic heterocycles. The van der Waals surface area contributed by atoms with Crippen LogP contribution in [0.5, 0.6) is 0 Å². The molecule has 22 heavy (non-hydrogen) atoms. The highest BCUT2D eigenvalue weighted by molar-refractivity contribution is 7.46. The third-order valence-electron chi connectivity index (χ3n) is 3.08. The minimum atomic E-state index is -4.75. The van der Waals surface area contributed by atoms with E-state index in [-0.39, 0.29) is 11.5 Å². The van der Waals surface area contributed by atoms with Crippen molar-refractivity contribution in [1.29, 1.82) is 0 Å². The van der Waals surface area contributed by atoms with Crippen molar-refractivity contribution in [1.82, 2.24) is 9.55 Å². The van der Waals surface area contributed by atoms with Crippen molar-refractivity contribution in [3.05, 3.63) is 12.0 Å². The van der Waals surface area contributed by atoms with E-state index in [2.05, 4.69) is 9.51 Å². The van der Waals surface area contributed by atoms with Gasteiger partial charge in [0.05, 0.1) is 12.9 Å². The Balaban J connectivity index is 2.16. The second-order valence-corrected chi connectivity index (χ2v) is 5.82. The van der Waals surface area contributed by atoms with Gasteiger partial charge < -0.3 is 36.2 Å². The van der Waals surface area contributed by atoms with Crippen molar-refractivity contribution in [2.75, 3.05) is 12.3 Å². The average molecular weight is 338 g/mol. The van der Waals surface area contributed by atoms with E-state index in [1.165, 1.54) is 0 Å². The number of carbonyl (C=O) groups is 1. The van der Waals surface area contributed by atoms with Crippen molar-refractivity contribution >= 4 is 19.5 Å². The fourth-order valence-electron chi connectivity index (χ4n) is 2.03. The van der Waals surface area contributed by atoms with Crippen LogP contribution in [0.3, 0.4) is 0 Å². The summed E-state index contributed by atoms with van der Waals surface area (Å²) in [7, 11) is -4.75. The highest BCUT2D eigenvalue weighted by Gasteiger charge is 2.45. The van der Waals surface area contributed by atoms with Gasteiger partial charge in [-0.25, -0.2) is 9.55 Å². The fourth-order valence-corrected chi connectivity index (χ4v) is 2.37. The summed E-state index contributed by atoms with van der Waals surface area (Å²) in [5, 5.41) is 19.8. The largest absolute Gasteiger partial charge is 0.469 e. The summed E-state index contributed by atoms with van der Waals surface area (Å²) in [6.07, 6.45) is -4.33. The number of phosphoric ester groups is 1. The topological polar surface area (TPSA) is 203 Å². The van der Waals surface area contributed by atoms with E-state index in [9.17, 15) is 19.6 Å². The Morgan fingerprint density at radius 1 is 1.45 bits per heavy atom. The van der Waals surface area contributed by atoms with Crippen LogP contribution in [0.4, 0.5) is 5.82 Å². The summed E-state index contributed by atoms with van der Waals surface area (Å²) in [5.41, 5.74) is 10.5. The molecular weight excluding hydrogens is 323 g/mol. The zero-order valence-corrected chi connectivity index (χ0v) is 11.9. The Labute approximate surface area is 123 Å². The van der Waals surface area contributed by atoms with Crippen LogP contribution in [0.1, 0.15) is 16.7 Å². The monoisotopic (exact) mass is 338 g/mol. The molecule has 0 bridgehead atoms.